The van der Waals surface area contributed by atoms with Crippen LogP contribution in [0.1, 0.15) is 54.6 Å². The summed E-state index contributed by atoms with van der Waals surface area (Å²) in [6.07, 6.45) is 3.29. The normalized spacial score (nSPS) is 15.4. The average Bonchev–Trinajstić information content (AvgIpc) is 3.08. The number of furan rings is 1. The first kappa shape index (κ1) is 18.0. The number of piperidine rings is 1. The van der Waals surface area contributed by atoms with Crippen LogP contribution < -0.4 is 5.73 Å². The zero-order valence-electron chi connectivity index (χ0n) is 14.9. The first-order valence-electron chi connectivity index (χ1n) is 8.55. The number of hydrogen-bond donors (Lipinski definition) is 2. The Bertz CT molecular complexity index is 849. The molecule has 7 nitrogen and oxygen atoms in total. The lowest BCUT2D eigenvalue weighted by Crippen LogP contribution is -2.37. The minimum atomic E-state index is -1.11. The lowest BCUT2D eigenvalue weighted by Gasteiger charge is -2.31. The topological polar surface area (TPSA) is 105 Å². The summed E-state index contributed by atoms with van der Waals surface area (Å²) in [6, 6.07) is 5.13. The van der Waals surface area contributed by atoms with Gasteiger partial charge in [-0.1, -0.05) is 5.92 Å². The summed E-state index contributed by atoms with van der Waals surface area (Å²) >= 11 is 0. The van der Waals surface area contributed by atoms with E-state index in [0.717, 1.165) is 18.5 Å². The smallest absolute Gasteiger partial charge is 0.289 e. The molecule has 136 valence electrons. The van der Waals surface area contributed by atoms with Gasteiger partial charge in [0.05, 0.1) is 0 Å². The molecule has 0 aromatic carbocycles. The van der Waals surface area contributed by atoms with Crippen LogP contribution in [0.2, 0.25) is 0 Å². The molecule has 2 aromatic rings. The Balaban J connectivity index is 1.62. The maximum Gasteiger partial charge on any atom is 0.289 e. The second-order valence-electron chi connectivity index (χ2n) is 6.88. The molecule has 0 saturated carbocycles. The van der Waals surface area contributed by atoms with Crippen molar-refractivity contribution in [3.8, 4) is 11.8 Å². The number of likely N-dealkylation sites (tertiary alicyclic amines) is 1. The van der Waals surface area contributed by atoms with E-state index in [1.165, 1.54) is 0 Å². The van der Waals surface area contributed by atoms with Gasteiger partial charge in [-0.25, -0.2) is 9.97 Å². The van der Waals surface area contributed by atoms with Crippen molar-refractivity contribution in [2.24, 2.45) is 0 Å². The molecule has 1 fully saturated rings. The summed E-state index contributed by atoms with van der Waals surface area (Å²) in [5, 5.41) is 9.63. The van der Waals surface area contributed by atoms with Crippen LogP contribution in [0.3, 0.4) is 0 Å². The molecule has 1 saturated heterocycles. The van der Waals surface area contributed by atoms with Crippen LogP contribution in [-0.4, -0.2) is 44.6 Å². The molecule has 0 atom stereocenters. The molecule has 7 heteroatoms. The number of aliphatic hydroxyl groups is 1. The van der Waals surface area contributed by atoms with Gasteiger partial charge in [0.2, 0.25) is 5.95 Å². The summed E-state index contributed by atoms with van der Waals surface area (Å²) < 4.78 is 5.51. The predicted molar refractivity (Wildman–Crippen MR) is 96.2 cm³/mol. The summed E-state index contributed by atoms with van der Waals surface area (Å²) in [5.41, 5.74) is 5.46. The largest absolute Gasteiger partial charge is 0.443 e. The number of carbonyl (C=O) groups is 1. The van der Waals surface area contributed by atoms with Gasteiger partial charge >= 0.3 is 0 Å². The molecule has 3 heterocycles. The van der Waals surface area contributed by atoms with Crippen molar-refractivity contribution in [2.75, 3.05) is 18.8 Å². The molecule has 0 unspecified atom stereocenters. The van der Waals surface area contributed by atoms with E-state index in [2.05, 4.69) is 21.8 Å². The van der Waals surface area contributed by atoms with Gasteiger partial charge in [0.25, 0.3) is 5.91 Å². The van der Waals surface area contributed by atoms with E-state index in [9.17, 15) is 9.90 Å². The van der Waals surface area contributed by atoms with Gasteiger partial charge in [-0.05, 0) is 50.8 Å². The molecule has 0 aliphatic carbocycles. The van der Waals surface area contributed by atoms with Crippen LogP contribution in [0, 0.1) is 11.8 Å². The van der Waals surface area contributed by atoms with Crippen molar-refractivity contribution in [1.82, 2.24) is 14.9 Å². The van der Waals surface area contributed by atoms with Gasteiger partial charge in [0, 0.05) is 30.9 Å². The number of rotatable bonds is 2. The van der Waals surface area contributed by atoms with Crippen LogP contribution in [0.4, 0.5) is 5.95 Å². The number of aromatic nitrogens is 2. The van der Waals surface area contributed by atoms with Crippen LogP contribution in [0.15, 0.2) is 28.8 Å². The SMILES string of the molecule is CC(C)(O)C#Cc1ccc(C(=O)N2CCC(c3ccnc(N)n3)CC2)o1. The van der Waals surface area contributed by atoms with Crippen molar-refractivity contribution in [3.05, 3.63) is 41.6 Å². The van der Waals surface area contributed by atoms with Crippen molar-refractivity contribution >= 4 is 11.9 Å². The minimum Gasteiger partial charge on any atom is -0.443 e. The molecular weight excluding hydrogens is 332 g/mol. The number of nitrogen functional groups attached to an aromatic ring is 1. The number of carbonyl (C=O) groups excluding carboxylic acids is 1. The summed E-state index contributed by atoms with van der Waals surface area (Å²) in [5.74, 6) is 6.41. The zero-order chi connectivity index (χ0) is 18.7. The highest BCUT2D eigenvalue weighted by Crippen LogP contribution is 2.27. The highest BCUT2D eigenvalue weighted by Gasteiger charge is 2.27. The Hall–Kier alpha value is -2.85. The minimum absolute atomic E-state index is 0.151. The third-order valence-corrected chi connectivity index (χ3v) is 4.20. The fourth-order valence-electron chi connectivity index (χ4n) is 2.88. The summed E-state index contributed by atoms with van der Waals surface area (Å²) in [6.45, 7) is 4.42. The monoisotopic (exact) mass is 354 g/mol. The second-order valence-corrected chi connectivity index (χ2v) is 6.88. The van der Waals surface area contributed by atoms with Gasteiger partial charge < -0.3 is 20.2 Å². The van der Waals surface area contributed by atoms with Crippen molar-refractivity contribution < 1.29 is 14.3 Å². The Morgan fingerprint density at radius 1 is 1.35 bits per heavy atom. The van der Waals surface area contributed by atoms with Crippen LogP contribution in [0.5, 0.6) is 0 Å². The molecule has 1 aliphatic rings. The third-order valence-electron chi connectivity index (χ3n) is 4.20. The number of nitrogens with two attached hydrogens (primary N) is 1. The van der Waals surface area contributed by atoms with Gasteiger partial charge in [0.1, 0.15) is 5.60 Å². The fraction of sp³-hybridized carbons (Fsp3) is 0.421. The van der Waals surface area contributed by atoms with Crippen molar-refractivity contribution in [1.29, 1.82) is 0 Å². The van der Waals surface area contributed by atoms with E-state index in [-0.39, 0.29) is 23.5 Å². The number of anilines is 1. The second kappa shape index (κ2) is 7.18. The van der Waals surface area contributed by atoms with Gasteiger partial charge in [-0.15, -0.1) is 0 Å². The van der Waals surface area contributed by atoms with Gasteiger partial charge in [-0.2, -0.15) is 0 Å². The average molecular weight is 354 g/mol. The summed E-state index contributed by atoms with van der Waals surface area (Å²) in [4.78, 5) is 22.6. The van der Waals surface area contributed by atoms with E-state index in [4.69, 9.17) is 10.2 Å². The van der Waals surface area contributed by atoms with Gasteiger partial charge in [-0.3, -0.25) is 4.79 Å². The van der Waals surface area contributed by atoms with Gasteiger partial charge in [0.15, 0.2) is 11.5 Å². The first-order chi connectivity index (χ1) is 12.3. The maximum atomic E-state index is 12.6. The number of amides is 1. The molecule has 0 radical (unpaired) electrons. The molecule has 0 spiro atoms. The van der Waals surface area contributed by atoms with Crippen LogP contribution in [-0.2, 0) is 0 Å². The Morgan fingerprint density at radius 2 is 2.08 bits per heavy atom. The number of nitrogens with zero attached hydrogens (tertiary/aromatic N) is 3. The van der Waals surface area contributed by atoms with E-state index < -0.39 is 5.60 Å². The highest BCUT2D eigenvalue weighted by molar-refractivity contribution is 5.91. The number of hydrogen-bond acceptors (Lipinski definition) is 6. The molecule has 1 aliphatic heterocycles. The molecule has 3 rings (SSSR count). The van der Waals surface area contributed by atoms with E-state index in [1.54, 1.807) is 37.1 Å². The molecule has 3 N–H and O–H groups in total. The molecule has 26 heavy (non-hydrogen) atoms. The standard InChI is InChI=1S/C19H22N4O3/c1-19(2,25)9-5-14-3-4-16(26-14)17(24)23-11-7-13(8-12-23)15-6-10-21-18(20)22-15/h3-4,6,10,13,25H,7-8,11-12H2,1-2H3,(H2,20,21,22). The lowest BCUT2D eigenvalue weighted by atomic mass is 9.93. The van der Waals surface area contributed by atoms with Crippen LogP contribution >= 0.6 is 0 Å². The molecule has 2 aromatic heterocycles. The predicted octanol–water partition coefficient (Wildman–Crippen LogP) is 1.79. The Morgan fingerprint density at radius 3 is 2.73 bits per heavy atom. The van der Waals surface area contributed by atoms with E-state index in [0.29, 0.717) is 18.8 Å². The first-order valence-corrected chi connectivity index (χ1v) is 8.55. The fourth-order valence-corrected chi connectivity index (χ4v) is 2.88. The van der Waals surface area contributed by atoms with Crippen molar-refractivity contribution in [2.45, 2.75) is 38.2 Å². The molecular formula is C19H22N4O3. The highest BCUT2D eigenvalue weighted by atomic mass is 16.4. The third kappa shape index (κ3) is 4.41. The Labute approximate surface area is 152 Å². The summed E-state index contributed by atoms with van der Waals surface area (Å²) in [7, 11) is 0. The molecule has 1 amide bonds. The quantitative estimate of drug-likeness (QED) is 0.797. The van der Waals surface area contributed by atoms with E-state index in [1.807, 2.05) is 6.07 Å². The lowest BCUT2D eigenvalue weighted by molar-refractivity contribution is 0.0679. The Kier molecular flexibility index (Phi) is 4.96. The van der Waals surface area contributed by atoms with Crippen molar-refractivity contribution in [3.63, 3.8) is 0 Å². The van der Waals surface area contributed by atoms with Crippen LogP contribution in [0.25, 0.3) is 0 Å². The zero-order valence-corrected chi connectivity index (χ0v) is 14.9. The van der Waals surface area contributed by atoms with E-state index >= 15 is 0 Å². The maximum absolute atomic E-state index is 12.6. The molecule has 0 bridgehead atoms.